The lowest BCUT2D eigenvalue weighted by molar-refractivity contribution is 0.0688. The lowest BCUT2D eigenvalue weighted by Gasteiger charge is -2.44. The monoisotopic (exact) mass is 481 g/mol. The summed E-state index contributed by atoms with van der Waals surface area (Å²) in [6.45, 7) is 5.53. The lowest BCUT2D eigenvalue weighted by atomic mass is 9.74. The first-order valence-electron chi connectivity index (χ1n) is 10.3. The number of guanidine groups is 1. The number of hydrogen-bond donors (Lipinski definition) is 1. The number of piperidine rings is 1. The Morgan fingerprint density at radius 2 is 1.73 bits per heavy atom. The average molecular weight is 481 g/mol. The highest BCUT2D eigenvalue weighted by molar-refractivity contribution is 14.0. The minimum atomic E-state index is 0. The molecule has 154 valence electrons. The molecule has 6 heteroatoms. The van der Waals surface area contributed by atoms with E-state index in [-0.39, 0.29) is 24.0 Å². The normalized spacial score (nSPS) is 20.5. The van der Waals surface area contributed by atoms with Gasteiger partial charge in [-0.05, 0) is 43.9 Å². The minimum Gasteiger partial charge on any atom is -0.382 e. The van der Waals surface area contributed by atoms with E-state index >= 15 is 0 Å². The number of nitrogens with zero attached hydrogens (tertiary/aromatic N) is 2. The Kier molecular flexibility index (Phi) is 12.9. The molecule has 2 fully saturated rings. The van der Waals surface area contributed by atoms with E-state index in [9.17, 15) is 0 Å². The summed E-state index contributed by atoms with van der Waals surface area (Å²) in [5.74, 6) is 1.10. The van der Waals surface area contributed by atoms with Gasteiger partial charge in [0.05, 0.1) is 13.2 Å². The van der Waals surface area contributed by atoms with E-state index < -0.39 is 0 Å². The standard InChI is InChI=1S/C20H39N3O2.HI/c1-21-19(22-13-7-8-15-25-17-16-24-2)23-14-9-12-20(18-23)10-5-3-4-6-11-20;/h3-18H2,1-2H3,(H,21,22);1H. The van der Waals surface area contributed by atoms with Crippen molar-refractivity contribution in [1.82, 2.24) is 10.2 Å². The molecule has 2 rings (SSSR count). The molecule has 1 aliphatic heterocycles. The first kappa shape index (κ1) is 24.0. The highest BCUT2D eigenvalue weighted by atomic mass is 127. The van der Waals surface area contributed by atoms with Gasteiger partial charge in [0.1, 0.15) is 0 Å². The molecular formula is C20H40IN3O2. The molecule has 1 heterocycles. The van der Waals surface area contributed by atoms with Crippen LogP contribution in [0.25, 0.3) is 0 Å². The van der Waals surface area contributed by atoms with E-state index in [2.05, 4.69) is 15.2 Å². The van der Waals surface area contributed by atoms with Gasteiger partial charge < -0.3 is 19.7 Å². The molecule has 0 aromatic carbocycles. The Labute approximate surface area is 177 Å². The van der Waals surface area contributed by atoms with Gasteiger partial charge in [0.25, 0.3) is 0 Å². The summed E-state index contributed by atoms with van der Waals surface area (Å²) >= 11 is 0. The van der Waals surface area contributed by atoms with E-state index in [4.69, 9.17) is 9.47 Å². The van der Waals surface area contributed by atoms with Gasteiger partial charge in [0, 0.05) is 40.4 Å². The van der Waals surface area contributed by atoms with E-state index in [1.807, 2.05) is 7.05 Å². The van der Waals surface area contributed by atoms with Crippen molar-refractivity contribution in [2.75, 3.05) is 53.6 Å². The lowest BCUT2D eigenvalue weighted by Crippen LogP contribution is -2.50. The smallest absolute Gasteiger partial charge is 0.193 e. The predicted molar refractivity (Wildman–Crippen MR) is 120 cm³/mol. The molecule has 0 radical (unpaired) electrons. The zero-order valence-corrected chi connectivity index (χ0v) is 19.3. The maximum absolute atomic E-state index is 5.52. The Bertz CT molecular complexity index is 385. The summed E-state index contributed by atoms with van der Waals surface area (Å²) in [5, 5.41) is 3.57. The largest absolute Gasteiger partial charge is 0.382 e. The third-order valence-corrected chi connectivity index (χ3v) is 5.77. The van der Waals surface area contributed by atoms with Gasteiger partial charge in [0.15, 0.2) is 5.96 Å². The molecule has 0 atom stereocenters. The van der Waals surface area contributed by atoms with Crippen LogP contribution in [-0.2, 0) is 9.47 Å². The zero-order chi connectivity index (χ0) is 17.8. The first-order chi connectivity index (χ1) is 12.3. The van der Waals surface area contributed by atoms with Crippen LogP contribution in [0.5, 0.6) is 0 Å². The molecule has 0 amide bonds. The summed E-state index contributed by atoms with van der Waals surface area (Å²) < 4.78 is 10.5. The first-order valence-corrected chi connectivity index (χ1v) is 10.3. The van der Waals surface area contributed by atoms with E-state index in [1.54, 1.807) is 7.11 Å². The highest BCUT2D eigenvalue weighted by Gasteiger charge is 2.36. The van der Waals surface area contributed by atoms with Gasteiger partial charge in [-0.1, -0.05) is 25.7 Å². The number of hydrogen-bond acceptors (Lipinski definition) is 3. The fourth-order valence-corrected chi connectivity index (χ4v) is 4.38. The van der Waals surface area contributed by atoms with Crippen molar-refractivity contribution in [2.45, 2.75) is 64.2 Å². The number of methoxy groups -OCH3 is 1. The summed E-state index contributed by atoms with van der Waals surface area (Å²) in [6, 6.07) is 0. The van der Waals surface area contributed by atoms with Crippen molar-refractivity contribution in [3.05, 3.63) is 0 Å². The van der Waals surface area contributed by atoms with Crippen molar-refractivity contribution < 1.29 is 9.47 Å². The van der Waals surface area contributed by atoms with Crippen LogP contribution in [0.4, 0.5) is 0 Å². The number of halogens is 1. The van der Waals surface area contributed by atoms with E-state index in [0.717, 1.165) is 38.5 Å². The third-order valence-electron chi connectivity index (χ3n) is 5.77. The molecule has 2 aliphatic rings. The van der Waals surface area contributed by atoms with Crippen LogP contribution >= 0.6 is 24.0 Å². The van der Waals surface area contributed by atoms with Gasteiger partial charge in [-0.15, -0.1) is 24.0 Å². The van der Waals surface area contributed by atoms with Gasteiger partial charge in [-0.2, -0.15) is 0 Å². The molecule has 1 saturated carbocycles. The van der Waals surface area contributed by atoms with Crippen molar-refractivity contribution in [1.29, 1.82) is 0 Å². The van der Waals surface area contributed by atoms with Gasteiger partial charge in [-0.25, -0.2) is 0 Å². The maximum Gasteiger partial charge on any atom is 0.193 e. The summed E-state index contributed by atoms with van der Waals surface area (Å²) in [7, 11) is 3.63. The highest BCUT2D eigenvalue weighted by Crippen LogP contribution is 2.42. The Hall–Kier alpha value is -0.0800. The molecule has 1 N–H and O–H groups in total. The molecule has 0 aromatic heterocycles. The topological polar surface area (TPSA) is 46.1 Å². The quantitative estimate of drug-likeness (QED) is 0.246. The fourth-order valence-electron chi connectivity index (χ4n) is 4.38. The number of nitrogens with one attached hydrogen (secondary N) is 1. The van der Waals surface area contributed by atoms with Gasteiger partial charge in [-0.3, -0.25) is 4.99 Å². The average Bonchev–Trinajstić information content (AvgIpc) is 2.86. The van der Waals surface area contributed by atoms with E-state index in [1.165, 1.54) is 57.9 Å². The van der Waals surface area contributed by atoms with Crippen molar-refractivity contribution >= 4 is 29.9 Å². The molecular weight excluding hydrogens is 441 g/mol. The van der Waals surface area contributed by atoms with Crippen LogP contribution in [-0.4, -0.2) is 64.5 Å². The molecule has 5 nitrogen and oxygen atoms in total. The maximum atomic E-state index is 5.52. The molecule has 26 heavy (non-hydrogen) atoms. The summed E-state index contributed by atoms with van der Waals surface area (Å²) in [4.78, 5) is 7.07. The van der Waals surface area contributed by atoms with Crippen LogP contribution in [0.15, 0.2) is 4.99 Å². The van der Waals surface area contributed by atoms with Gasteiger partial charge in [0.2, 0.25) is 0 Å². The second kappa shape index (κ2) is 14.0. The molecule has 0 bridgehead atoms. The number of rotatable bonds is 8. The second-order valence-electron chi connectivity index (χ2n) is 7.73. The van der Waals surface area contributed by atoms with Crippen LogP contribution < -0.4 is 5.32 Å². The zero-order valence-electron chi connectivity index (χ0n) is 16.9. The Balaban J connectivity index is 0.00000338. The number of unbranched alkanes of at least 4 members (excludes halogenated alkanes) is 1. The van der Waals surface area contributed by atoms with Crippen LogP contribution in [0, 0.1) is 5.41 Å². The fraction of sp³-hybridized carbons (Fsp3) is 0.950. The number of ether oxygens (including phenoxy) is 2. The second-order valence-corrected chi connectivity index (χ2v) is 7.73. The summed E-state index contributed by atoms with van der Waals surface area (Å²) in [5.41, 5.74) is 0.557. The number of aliphatic imine (C=N–C) groups is 1. The van der Waals surface area contributed by atoms with E-state index in [0.29, 0.717) is 18.6 Å². The molecule has 1 spiro atoms. The number of likely N-dealkylation sites (tertiary alicyclic amines) is 1. The molecule has 0 aromatic rings. The van der Waals surface area contributed by atoms with Crippen LogP contribution in [0.2, 0.25) is 0 Å². The predicted octanol–water partition coefficient (Wildman–Crippen LogP) is 4.06. The minimum absolute atomic E-state index is 0. The molecule has 1 saturated heterocycles. The van der Waals surface area contributed by atoms with Gasteiger partial charge >= 0.3 is 0 Å². The van der Waals surface area contributed by atoms with Crippen molar-refractivity contribution in [3.63, 3.8) is 0 Å². The molecule has 0 unspecified atom stereocenters. The Morgan fingerprint density at radius 1 is 1.00 bits per heavy atom. The summed E-state index contributed by atoms with van der Waals surface area (Å²) in [6.07, 6.45) is 13.5. The van der Waals surface area contributed by atoms with Crippen LogP contribution in [0.3, 0.4) is 0 Å². The van der Waals surface area contributed by atoms with Crippen molar-refractivity contribution in [2.24, 2.45) is 10.4 Å². The van der Waals surface area contributed by atoms with Crippen molar-refractivity contribution in [3.8, 4) is 0 Å². The Morgan fingerprint density at radius 3 is 2.42 bits per heavy atom. The van der Waals surface area contributed by atoms with Crippen LogP contribution in [0.1, 0.15) is 64.2 Å². The molecule has 1 aliphatic carbocycles. The third kappa shape index (κ3) is 8.30. The SMILES string of the molecule is CN=C(NCCCCOCCOC)N1CCCC2(CCCCCC2)C1.I.